The first-order valence-corrected chi connectivity index (χ1v) is 7.97. The summed E-state index contributed by atoms with van der Waals surface area (Å²) in [5.41, 5.74) is 2.56. The monoisotopic (exact) mass is 338 g/mol. The number of rotatable bonds is 3. The summed E-state index contributed by atoms with van der Waals surface area (Å²) in [7, 11) is 0. The molecule has 2 rings (SSSR count). The molecule has 0 aliphatic rings. The molecule has 0 aromatic heterocycles. The van der Waals surface area contributed by atoms with Crippen LogP contribution in [0.25, 0.3) is 6.08 Å². The van der Waals surface area contributed by atoms with Crippen molar-refractivity contribution < 1.29 is 4.79 Å². The minimum absolute atomic E-state index is 0.0263. The number of hydrogen-bond donors (Lipinski definition) is 1. The zero-order valence-corrected chi connectivity index (χ0v) is 14.7. The van der Waals surface area contributed by atoms with Crippen molar-refractivity contribution in [3.63, 3.8) is 0 Å². The maximum Gasteiger partial charge on any atom is 0.266 e. The Balaban J connectivity index is 2.21. The third-order valence-corrected chi connectivity index (χ3v) is 3.90. The van der Waals surface area contributed by atoms with E-state index in [1.165, 1.54) is 5.56 Å². The number of halogens is 1. The maximum absolute atomic E-state index is 12.3. The van der Waals surface area contributed by atoms with Crippen LogP contribution in [0.2, 0.25) is 5.02 Å². The fraction of sp³-hybridized carbons (Fsp3) is 0.200. The zero-order chi connectivity index (χ0) is 17.7. The van der Waals surface area contributed by atoms with Crippen LogP contribution in [0.1, 0.15) is 31.9 Å². The van der Waals surface area contributed by atoms with Crippen molar-refractivity contribution in [2.45, 2.75) is 26.2 Å². The van der Waals surface area contributed by atoms with E-state index in [1.807, 2.05) is 30.3 Å². The predicted molar refractivity (Wildman–Crippen MR) is 98.8 cm³/mol. The fourth-order valence-electron chi connectivity index (χ4n) is 2.15. The Hall–Kier alpha value is -2.57. The zero-order valence-electron chi connectivity index (χ0n) is 13.9. The Labute approximate surface area is 147 Å². The first kappa shape index (κ1) is 17.8. The van der Waals surface area contributed by atoms with Gasteiger partial charge in [-0.3, -0.25) is 4.79 Å². The number of benzene rings is 2. The molecule has 0 spiro atoms. The number of nitrogens with one attached hydrogen (secondary N) is 1. The molecule has 2 aromatic carbocycles. The predicted octanol–water partition coefficient (Wildman–Crippen LogP) is 5.18. The first-order chi connectivity index (χ1) is 11.3. The lowest BCUT2D eigenvalue weighted by Crippen LogP contribution is -2.13. The van der Waals surface area contributed by atoms with Gasteiger partial charge in [-0.2, -0.15) is 5.26 Å². The maximum atomic E-state index is 12.3. The van der Waals surface area contributed by atoms with Crippen LogP contribution in [0.4, 0.5) is 5.69 Å². The average molecular weight is 339 g/mol. The largest absolute Gasteiger partial charge is 0.320 e. The Bertz CT molecular complexity index is 809. The lowest BCUT2D eigenvalue weighted by atomic mass is 9.86. The van der Waals surface area contributed by atoms with Crippen LogP contribution in [0.5, 0.6) is 0 Å². The number of anilines is 1. The minimum Gasteiger partial charge on any atom is -0.320 e. The Kier molecular flexibility index (Phi) is 5.43. The molecule has 2 aromatic rings. The number of para-hydroxylation sites is 1. The summed E-state index contributed by atoms with van der Waals surface area (Å²) in [6.45, 7) is 6.40. The number of nitrogens with zero attached hydrogens (tertiary/aromatic N) is 1. The lowest BCUT2D eigenvalue weighted by molar-refractivity contribution is -0.112. The molecular weight excluding hydrogens is 320 g/mol. The van der Waals surface area contributed by atoms with Crippen LogP contribution in [0.15, 0.2) is 54.1 Å². The molecule has 0 saturated carbocycles. The van der Waals surface area contributed by atoms with Gasteiger partial charge in [0, 0.05) is 0 Å². The molecule has 0 bridgehead atoms. The standard InChI is InChI=1S/C20H19ClN2O/c1-20(2,3)16-10-8-14(9-11-16)12-15(13-22)19(24)23-18-7-5-4-6-17(18)21/h4-12H,1-3H3,(H,23,24)/b15-12+. The van der Waals surface area contributed by atoms with Crippen molar-refractivity contribution in [3.05, 3.63) is 70.3 Å². The van der Waals surface area contributed by atoms with Crippen LogP contribution in [0, 0.1) is 11.3 Å². The lowest BCUT2D eigenvalue weighted by Gasteiger charge is -2.18. The van der Waals surface area contributed by atoms with Crippen molar-refractivity contribution in [1.82, 2.24) is 0 Å². The van der Waals surface area contributed by atoms with Crippen molar-refractivity contribution in [1.29, 1.82) is 5.26 Å². The van der Waals surface area contributed by atoms with E-state index in [2.05, 4.69) is 26.1 Å². The highest BCUT2D eigenvalue weighted by Gasteiger charge is 2.14. The number of hydrogen-bond acceptors (Lipinski definition) is 2. The number of carbonyl (C=O) groups excluding carboxylic acids is 1. The van der Waals surface area contributed by atoms with Crippen molar-refractivity contribution in [3.8, 4) is 6.07 Å². The van der Waals surface area contributed by atoms with Crippen molar-refractivity contribution >= 4 is 29.3 Å². The topological polar surface area (TPSA) is 52.9 Å². The highest BCUT2D eigenvalue weighted by Crippen LogP contribution is 2.23. The van der Waals surface area contributed by atoms with Gasteiger partial charge in [-0.1, -0.05) is 68.8 Å². The Morgan fingerprint density at radius 3 is 2.29 bits per heavy atom. The third kappa shape index (κ3) is 4.47. The van der Waals surface area contributed by atoms with E-state index in [0.717, 1.165) is 5.56 Å². The second kappa shape index (κ2) is 7.33. The SMILES string of the molecule is CC(C)(C)c1ccc(/C=C(\C#N)C(=O)Nc2ccccc2Cl)cc1. The molecule has 0 radical (unpaired) electrons. The molecule has 0 aliphatic heterocycles. The van der Waals surface area contributed by atoms with Crippen molar-refractivity contribution in [2.75, 3.05) is 5.32 Å². The molecule has 4 heteroatoms. The van der Waals surface area contributed by atoms with Crippen LogP contribution in [0.3, 0.4) is 0 Å². The minimum atomic E-state index is -0.481. The van der Waals surface area contributed by atoms with Gasteiger partial charge in [0.2, 0.25) is 0 Å². The molecule has 1 amide bonds. The summed E-state index contributed by atoms with van der Waals surface area (Å²) in [5.74, 6) is -0.481. The second-order valence-corrected chi connectivity index (χ2v) is 6.88. The molecule has 1 N–H and O–H groups in total. The van der Waals surface area contributed by atoms with Gasteiger partial charge in [0.25, 0.3) is 5.91 Å². The van der Waals surface area contributed by atoms with E-state index in [4.69, 9.17) is 11.6 Å². The van der Waals surface area contributed by atoms with Crippen LogP contribution < -0.4 is 5.32 Å². The molecule has 0 saturated heterocycles. The number of amides is 1. The van der Waals surface area contributed by atoms with Gasteiger partial charge in [0.15, 0.2) is 0 Å². The van der Waals surface area contributed by atoms with Gasteiger partial charge in [-0.15, -0.1) is 0 Å². The van der Waals surface area contributed by atoms with Crippen LogP contribution >= 0.6 is 11.6 Å². The molecular formula is C20H19ClN2O. The molecule has 122 valence electrons. The van der Waals surface area contributed by atoms with Gasteiger partial charge in [-0.05, 0) is 34.8 Å². The Morgan fingerprint density at radius 1 is 1.12 bits per heavy atom. The molecule has 0 aliphatic carbocycles. The number of carbonyl (C=O) groups is 1. The van der Waals surface area contributed by atoms with Crippen molar-refractivity contribution in [2.24, 2.45) is 0 Å². The molecule has 0 atom stereocenters. The normalized spacial score (nSPS) is 11.7. The van der Waals surface area contributed by atoms with E-state index in [9.17, 15) is 10.1 Å². The van der Waals surface area contributed by atoms with E-state index < -0.39 is 5.91 Å². The van der Waals surface area contributed by atoms with Gasteiger partial charge >= 0.3 is 0 Å². The molecule has 3 nitrogen and oxygen atoms in total. The van der Waals surface area contributed by atoms with Gasteiger partial charge in [0.1, 0.15) is 11.6 Å². The highest BCUT2D eigenvalue weighted by atomic mass is 35.5. The summed E-state index contributed by atoms with van der Waals surface area (Å²) in [5, 5.41) is 12.4. The fourth-order valence-corrected chi connectivity index (χ4v) is 2.33. The summed E-state index contributed by atoms with van der Waals surface area (Å²) in [4.78, 5) is 12.3. The average Bonchev–Trinajstić information content (AvgIpc) is 2.54. The van der Waals surface area contributed by atoms with Gasteiger partial charge in [-0.25, -0.2) is 0 Å². The summed E-state index contributed by atoms with van der Waals surface area (Å²) in [6.07, 6.45) is 1.57. The van der Waals surface area contributed by atoms with Crippen LogP contribution in [-0.2, 0) is 10.2 Å². The van der Waals surface area contributed by atoms with Crippen LogP contribution in [-0.4, -0.2) is 5.91 Å². The van der Waals surface area contributed by atoms with E-state index in [1.54, 1.807) is 30.3 Å². The van der Waals surface area contributed by atoms with Gasteiger partial charge in [0.05, 0.1) is 10.7 Å². The van der Waals surface area contributed by atoms with E-state index in [0.29, 0.717) is 10.7 Å². The van der Waals surface area contributed by atoms with E-state index in [-0.39, 0.29) is 11.0 Å². The Morgan fingerprint density at radius 2 is 1.75 bits per heavy atom. The molecule has 0 fully saturated rings. The summed E-state index contributed by atoms with van der Waals surface area (Å²) >= 11 is 6.02. The quantitative estimate of drug-likeness (QED) is 0.619. The molecule has 0 heterocycles. The molecule has 24 heavy (non-hydrogen) atoms. The van der Waals surface area contributed by atoms with Gasteiger partial charge < -0.3 is 5.32 Å². The molecule has 0 unspecified atom stereocenters. The smallest absolute Gasteiger partial charge is 0.266 e. The summed E-state index contributed by atoms with van der Waals surface area (Å²) in [6, 6.07) is 16.7. The number of nitriles is 1. The first-order valence-electron chi connectivity index (χ1n) is 7.59. The third-order valence-electron chi connectivity index (χ3n) is 3.57. The van der Waals surface area contributed by atoms with E-state index >= 15 is 0 Å². The summed E-state index contributed by atoms with van der Waals surface area (Å²) < 4.78 is 0. The second-order valence-electron chi connectivity index (χ2n) is 6.48. The highest BCUT2D eigenvalue weighted by molar-refractivity contribution is 6.34.